The zero-order chi connectivity index (χ0) is 10.1. The van der Waals surface area contributed by atoms with Crippen LogP contribution in [0.3, 0.4) is 0 Å². The van der Waals surface area contributed by atoms with Crippen molar-refractivity contribution in [1.29, 1.82) is 0 Å². The second-order valence-corrected chi connectivity index (χ2v) is 4.27. The molecule has 2 fully saturated rings. The Bertz CT molecular complexity index is 227. The van der Waals surface area contributed by atoms with Gasteiger partial charge in [0.05, 0.1) is 6.61 Å². The first-order valence-corrected chi connectivity index (χ1v) is 5.27. The number of ether oxygens (including phenoxy) is 1. The summed E-state index contributed by atoms with van der Waals surface area (Å²) in [5.74, 6) is -0.0414. The van der Waals surface area contributed by atoms with Crippen LogP contribution in [-0.4, -0.2) is 47.8 Å². The van der Waals surface area contributed by atoms with Gasteiger partial charge in [-0.05, 0) is 25.7 Å². The van der Waals surface area contributed by atoms with Crippen LogP contribution in [0.25, 0.3) is 0 Å². The maximum Gasteiger partial charge on any atom is 0.334 e. The SMILES string of the molecule is CC(C1CC1)N1CCOC(C(=O)O)C1. The molecule has 80 valence electrons. The van der Waals surface area contributed by atoms with Gasteiger partial charge in [0.2, 0.25) is 0 Å². The summed E-state index contributed by atoms with van der Waals surface area (Å²) in [6, 6.07) is 0.528. The maximum absolute atomic E-state index is 10.8. The van der Waals surface area contributed by atoms with Gasteiger partial charge in [-0.1, -0.05) is 0 Å². The maximum atomic E-state index is 10.8. The van der Waals surface area contributed by atoms with E-state index in [0.717, 1.165) is 12.5 Å². The van der Waals surface area contributed by atoms with Gasteiger partial charge in [0.1, 0.15) is 0 Å². The predicted molar refractivity (Wildman–Crippen MR) is 51.1 cm³/mol. The van der Waals surface area contributed by atoms with Gasteiger partial charge in [-0.2, -0.15) is 0 Å². The summed E-state index contributed by atoms with van der Waals surface area (Å²) in [6.07, 6.45) is 1.98. The van der Waals surface area contributed by atoms with Crippen LogP contribution in [0.1, 0.15) is 19.8 Å². The van der Waals surface area contributed by atoms with E-state index in [1.54, 1.807) is 0 Å². The molecule has 2 aliphatic rings. The Hall–Kier alpha value is -0.610. The van der Waals surface area contributed by atoms with E-state index >= 15 is 0 Å². The van der Waals surface area contributed by atoms with E-state index in [1.165, 1.54) is 12.8 Å². The summed E-state index contributed by atoms with van der Waals surface area (Å²) in [5, 5.41) is 8.84. The summed E-state index contributed by atoms with van der Waals surface area (Å²) in [5.41, 5.74) is 0. The number of carbonyl (C=O) groups is 1. The number of rotatable bonds is 3. The number of hydrogen-bond acceptors (Lipinski definition) is 3. The van der Waals surface area contributed by atoms with Crippen molar-refractivity contribution in [2.45, 2.75) is 31.9 Å². The monoisotopic (exact) mass is 199 g/mol. The minimum atomic E-state index is -0.835. The van der Waals surface area contributed by atoms with Crippen molar-refractivity contribution in [2.75, 3.05) is 19.7 Å². The summed E-state index contributed by atoms with van der Waals surface area (Å²) >= 11 is 0. The summed E-state index contributed by atoms with van der Waals surface area (Å²) in [7, 11) is 0. The molecule has 2 unspecified atom stereocenters. The molecule has 1 saturated carbocycles. The lowest BCUT2D eigenvalue weighted by Gasteiger charge is -2.35. The predicted octanol–water partition coefficient (Wildman–Crippen LogP) is 0.570. The molecule has 0 aromatic heterocycles. The Morgan fingerprint density at radius 3 is 2.86 bits per heavy atom. The lowest BCUT2D eigenvalue weighted by molar-refractivity contribution is -0.157. The number of carboxylic acid groups (broad SMARTS) is 1. The number of carboxylic acids is 1. The Labute approximate surface area is 83.8 Å². The third-order valence-corrected chi connectivity index (χ3v) is 3.25. The quantitative estimate of drug-likeness (QED) is 0.722. The summed E-state index contributed by atoms with van der Waals surface area (Å²) in [4.78, 5) is 13.0. The van der Waals surface area contributed by atoms with Crippen LogP contribution in [0.5, 0.6) is 0 Å². The van der Waals surface area contributed by atoms with Crippen molar-refractivity contribution in [3.63, 3.8) is 0 Å². The Balaban J connectivity index is 1.89. The van der Waals surface area contributed by atoms with Crippen LogP contribution in [0.2, 0.25) is 0 Å². The molecule has 1 N–H and O–H groups in total. The average Bonchev–Trinajstić information content (AvgIpc) is 3.00. The van der Waals surface area contributed by atoms with E-state index in [4.69, 9.17) is 9.84 Å². The normalized spacial score (nSPS) is 31.4. The second kappa shape index (κ2) is 3.87. The zero-order valence-corrected chi connectivity index (χ0v) is 8.48. The van der Waals surface area contributed by atoms with Crippen LogP contribution in [0, 0.1) is 5.92 Å². The first-order valence-electron chi connectivity index (χ1n) is 5.27. The lowest BCUT2D eigenvalue weighted by Crippen LogP contribution is -2.50. The van der Waals surface area contributed by atoms with E-state index in [9.17, 15) is 4.79 Å². The van der Waals surface area contributed by atoms with E-state index in [-0.39, 0.29) is 0 Å². The van der Waals surface area contributed by atoms with Crippen LogP contribution >= 0.6 is 0 Å². The highest BCUT2D eigenvalue weighted by atomic mass is 16.5. The van der Waals surface area contributed by atoms with Gasteiger partial charge in [-0.3, -0.25) is 4.90 Å². The molecule has 4 nitrogen and oxygen atoms in total. The van der Waals surface area contributed by atoms with Crippen LogP contribution in [-0.2, 0) is 9.53 Å². The molecule has 0 bridgehead atoms. The first kappa shape index (κ1) is 9.93. The smallest absolute Gasteiger partial charge is 0.334 e. The Morgan fingerprint density at radius 1 is 1.57 bits per heavy atom. The first-order chi connectivity index (χ1) is 6.68. The number of aliphatic carboxylic acids is 1. The minimum Gasteiger partial charge on any atom is -0.479 e. The highest BCUT2D eigenvalue weighted by Gasteiger charge is 2.35. The number of hydrogen-bond donors (Lipinski definition) is 1. The molecule has 2 rings (SSSR count). The fraction of sp³-hybridized carbons (Fsp3) is 0.900. The molecule has 0 amide bonds. The molecule has 1 aliphatic heterocycles. The van der Waals surface area contributed by atoms with E-state index in [1.807, 2.05) is 0 Å². The third-order valence-electron chi connectivity index (χ3n) is 3.25. The third kappa shape index (κ3) is 2.07. The molecular weight excluding hydrogens is 182 g/mol. The number of nitrogens with zero attached hydrogens (tertiary/aromatic N) is 1. The topological polar surface area (TPSA) is 49.8 Å². The molecule has 0 radical (unpaired) electrons. The van der Waals surface area contributed by atoms with E-state index in [0.29, 0.717) is 19.2 Å². The van der Waals surface area contributed by atoms with Crippen molar-refractivity contribution >= 4 is 5.97 Å². The molecular formula is C10H17NO3. The fourth-order valence-corrected chi connectivity index (χ4v) is 2.07. The van der Waals surface area contributed by atoms with Crippen LogP contribution in [0.15, 0.2) is 0 Å². The van der Waals surface area contributed by atoms with Crippen molar-refractivity contribution in [2.24, 2.45) is 5.92 Å². The van der Waals surface area contributed by atoms with Crippen LogP contribution in [0.4, 0.5) is 0 Å². The summed E-state index contributed by atoms with van der Waals surface area (Å²) in [6.45, 7) is 4.17. The van der Waals surface area contributed by atoms with Crippen molar-refractivity contribution in [1.82, 2.24) is 4.90 Å². The Morgan fingerprint density at radius 2 is 2.29 bits per heavy atom. The molecule has 0 spiro atoms. The Kier molecular flexibility index (Phi) is 2.74. The highest BCUT2D eigenvalue weighted by Crippen LogP contribution is 2.35. The fourth-order valence-electron chi connectivity index (χ4n) is 2.07. The standard InChI is InChI=1S/C10H17NO3/c1-7(8-2-3-8)11-4-5-14-9(6-11)10(12)13/h7-9H,2-6H2,1H3,(H,12,13). The molecule has 14 heavy (non-hydrogen) atoms. The summed E-state index contributed by atoms with van der Waals surface area (Å²) < 4.78 is 5.18. The molecule has 1 aliphatic carbocycles. The molecule has 1 saturated heterocycles. The second-order valence-electron chi connectivity index (χ2n) is 4.27. The molecule has 2 atom stereocenters. The van der Waals surface area contributed by atoms with Gasteiger partial charge in [0, 0.05) is 19.1 Å². The van der Waals surface area contributed by atoms with Gasteiger partial charge in [0.25, 0.3) is 0 Å². The molecule has 1 heterocycles. The van der Waals surface area contributed by atoms with Crippen molar-refractivity contribution in [3.8, 4) is 0 Å². The van der Waals surface area contributed by atoms with E-state index < -0.39 is 12.1 Å². The van der Waals surface area contributed by atoms with E-state index in [2.05, 4.69) is 11.8 Å². The molecule has 4 heteroatoms. The van der Waals surface area contributed by atoms with Crippen molar-refractivity contribution < 1.29 is 14.6 Å². The zero-order valence-electron chi connectivity index (χ0n) is 8.48. The van der Waals surface area contributed by atoms with Gasteiger partial charge >= 0.3 is 5.97 Å². The van der Waals surface area contributed by atoms with Gasteiger partial charge in [-0.15, -0.1) is 0 Å². The van der Waals surface area contributed by atoms with Crippen molar-refractivity contribution in [3.05, 3.63) is 0 Å². The van der Waals surface area contributed by atoms with Gasteiger partial charge in [0.15, 0.2) is 6.10 Å². The minimum absolute atomic E-state index is 0.528. The highest BCUT2D eigenvalue weighted by molar-refractivity contribution is 5.72. The largest absolute Gasteiger partial charge is 0.479 e. The molecule has 0 aromatic carbocycles. The van der Waals surface area contributed by atoms with Crippen LogP contribution < -0.4 is 0 Å². The van der Waals surface area contributed by atoms with Gasteiger partial charge in [-0.25, -0.2) is 4.79 Å². The number of morpholine rings is 1. The average molecular weight is 199 g/mol. The lowest BCUT2D eigenvalue weighted by atomic mass is 10.1. The van der Waals surface area contributed by atoms with Gasteiger partial charge < -0.3 is 9.84 Å². The molecule has 0 aromatic rings.